The van der Waals surface area contributed by atoms with Gasteiger partial charge in [0, 0.05) is 24.8 Å². The molecule has 1 aromatic heterocycles. The van der Waals surface area contributed by atoms with Crippen molar-refractivity contribution < 1.29 is 14.6 Å². The fourth-order valence-electron chi connectivity index (χ4n) is 1.40. The monoisotopic (exact) mass is 226 g/mol. The largest absolute Gasteiger partial charge is 0.481 e. The van der Waals surface area contributed by atoms with Gasteiger partial charge in [0.05, 0.1) is 0 Å². The van der Waals surface area contributed by atoms with Crippen molar-refractivity contribution in [1.82, 2.24) is 9.97 Å². The van der Waals surface area contributed by atoms with Crippen LogP contribution in [0.15, 0.2) is 4.79 Å². The third kappa shape index (κ3) is 3.16. The number of nitrogens with zero attached hydrogens (tertiary/aromatic N) is 1. The Kier molecular flexibility index (Phi) is 4.19. The van der Waals surface area contributed by atoms with Gasteiger partial charge in [-0.15, -0.1) is 0 Å². The van der Waals surface area contributed by atoms with Crippen LogP contribution in [0.5, 0.6) is 0 Å². The van der Waals surface area contributed by atoms with E-state index in [1.807, 2.05) is 0 Å². The van der Waals surface area contributed by atoms with Crippen LogP contribution in [0, 0.1) is 6.92 Å². The predicted molar refractivity (Wildman–Crippen MR) is 56.3 cm³/mol. The van der Waals surface area contributed by atoms with Crippen LogP contribution in [0.3, 0.4) is 0 Å². The Morgan fingerprint density at radius 3 is 2.75 bits per heavy atom. The zero-order chi connectivity index (χ0) is 12.1. The highest BCUT2D eigenvalue weighted by molar-refractivity contribution is 5.67. The number of rotatable bonds is 5. The van der Waals surface area contributed by atoms with Crippen LogP contribution in [-0.4, -0.2) is 28.2 Å². The highest BCUT2D eigenvalue weighted by atomic mass is 16.5. The van der Waals surface area contributed by atoms with Crippen LogP contribution < -0.4 is 5.56 Å². The van der Waals surface area contributed by atoms with Crippen molar-refractivity contribution >= 4 is 5.97 Å². The van der Waals surface area contributed by atoms with E-state index in [-0.39, 0.29) is 25.0 Å². The molecule has 0 aliphatic heterocycles. The van der Waals surface area contributed by atoms with E-state index in [2.05, 4.69) is 9.97 Å². The summed E-state index contributed by atoms with van der Waals surface area (Å²) >= 11 is 0. The molecule has 0 fully saturated rings. The summed E-state index contributed by atoms with van der Waals surface area (Å²) < 4.78 is 4.85. The Labute approximate surface area is 92.3 Å². The molecule has 0 radical (unpaired) electrons. The fraction of sp³-hybridized carbons (Fsp3) is 0.500. The van der Waals surface area contributed by atoms with Crippen molar-refractivity contribution in [2.24, 2.45) is 0 Å². The lowest BCUT2D eigenvalue weighted by Crippen LogP contribution is -2.20. The van der Waals surface area contributed by atoms with Crippen molar-refractivity contribution in [3.63, 3.8) is 0 Å². The van der Waals surface area contributed by atoms with E-state index in [0.29, 0.717) is 17.1 Å². The van der Waals surface area contributed by atoms with E-state index >= 15 is 0 Å². The van der Waals surface area contributed by atoms with Gasteiger partial charge < -0.3 is 14.8 Å². The summed E-state index contributed by atoms with van der Waals surface area (Å²) in [4.78, 5) is 28.7. The minimum atomic E-state index is -0.931. The summed E-state index contributed by atoms with van der Waals surface area (Å²) in [6, 6.07) is 0. The summed E-state index contributed by atoms with van der Waals surface area (Å²) in [5.41, 5.74) is 0.681. The molecule has 0 atom stereocenters. The maximum atomic E-state index is 11.6. The molecule has 1 rings (SSSR count). The smallest absolute Gasteiger partial charge is 0.303 e. The standard InChI is InChI=1S/C10H14N2O4/c1-6-7(3-4-9(13)14)10(15)12-8(11-6)5-16-2/h3-5H2,1-2H3,(H,13,14)(H,11,12,15). The minimum absolute atomic E-state index is 0.0742. The van der Waals surface area contributed by atoms with E-state index in [4.69, 9.17) is 9.84 Å². The molecule has 0 aliphatic carbocycles. The SMILES string of the molecule is COCc1nc(C)c(CCC(=O)O)c(=O)[nH]1. The van der Waals surface area contributed by atoms with Crippen molar-refractivity contribution in [1.29, 1.82) is 0 Å². The van der Waals surface area contributed by atoms with Crippen LogP contribution in [0.25, 0.3) is 0 Å². The molecular weight excluding hydrogens is 212 g/mol. The number of methoxy groups -OCH3 is 1. The number of aliphatic carboxylic acids is 1. The van der Waals surface area contributed by atoms with E-state index in [1.54, 1.807) is 6.92 Å². The lowest BCUT2D eigenvalue weighted by atomic mass is 10.1. The van der Waals surface area contributed by atoms with Crippen LogP contribution in [0.2, 0.25) is 0 Å². The van der Waals surface area contributed by atoms with E-state index in [0.717, 1.165) is 0 Å². The van der Waals surface area contributed by atoms with Crippen molar-refractivity contribution in [3.05, 3.63) is 27.4 Å². The summed E-state index contributed by atoms with van der Waals surface area (Å²) in [6.45, 7) is 1.92. The van der Waals surface area contributed by atoms with Gasteiger partial charge in [-0.25, -0.2) is 4.98 Å². The molecule has 6 nitrogen and oxygen atoms in total. The van der Waals surface area contributed by atoms with Crippen LogP contribution in [-0.2, 0) is 22.6 Å². The second kappa shape index (κ2) is 5.41. The molecule has 0 amide bonds. The summed E-state index contributed by atoms with van der Waals surface area (Å²) in [5, 5.41) is 8.54. The molecule has 2 N–H and O–H groups in total. The van der Waals surface area contributed by atoms with Gasteiger partial charge in [-0.1, -0.05) is 0 Å². The number of nitrogens with one attached hydrogen (secondary N) is 1. The van der Waals surface area contributed by atoms with Gasteiger partial charge in [0.1, 0.15) is 12.4 Å². The number of hydrogen-bond donors (Lipinski definition) is 2. The van der Waals surface area contributed by atoms with Crippen LogP contribution in [0.4, 0.5) is 0 Å². The van der Waals surface area contributed by atoms with Gasteiger partial charge in [0.2, 0.25) is 0 Å². The zero-order valence-corrected chi connectivity index (χ0v) is 9.24. The van der Waals surface area contributed by atoms with Gasteiger partial charge in [0.25, 0.3) is 5.56 Å². The predicted octanol–water partition coefficient (Wildman–Crippen LogP) is 0.242. The molecule has 88 valence electrons. The topological polar surface area (TPSA) is 92.3 Å². The lowest BCUT2D eigenvalue weighted by Gasteiger charge is -2.05. The second-order valence-electron chi connectivity index (χ2n) is 3.40. The van der Waals surface area contributed by atoms with Crippen LogP contribution >= 0.6 is 0 Å². The van der Waals surface area contributed by atoms with Gasteiger partial charge in [-0.05, 0) is 13.3 Å². The molecule has 16 heavy (non-hydrogen) atoms. The third-order valence-corrected chi connectivity index (χ3v) is 2.14. The van der Waals surface area contributed by atoms with Gasteiger partial charge >= 0.3 is 5.97 Å². The maximum Gasteiger partial charge on any atom is 0.303 e. The molecule has 0 aromatic carbocycles. The summed E-state index contributed by atoms with van der Waals surface area (Å²) in [6.07, 6.45) is 0.117. The van der Waals surface area contributed by atoms with Crippen molar-refractivity contribution in [2.75, 3.05) is 7.11 Å². The number of carboxylic acid groups (broad SMARTS) is 1. The average Bonchev–Trinajstić information content (AvgIpc) is 2.16. The highest BCUT2D eigenvalue weighted by Crippen LogP contribution is 2.03. The maximum absolute atomic E-state index is 11.6. The number of aromatic nitrogens is 2. The van der Waals surface area contributed by atoms with E-state index in [1.165, 1.54) is 7.11 Å². The number of H-pyrrole nitrogens is 1. The molecule has 1 heterocycles. The molecule has 0 spiro atoms. The molecule has 0 aliphatic rings. The Balaban J connectivity index is 2.94. The molecule has 0 unspecified atom stereocenters. The van der Waals surface area contributed by atoms with E-state index in [9.17, 15) is 9.59 Å². The summed E-state index contributed by atoms with van der Waals surface area (Å²) in [7, 11) is 1.51. The Morgan fingerprint density at radius 2 is 2.25 bits per heavy atom. The fourth-order valence-corrected chi connectivity index (χ4v) is 1.40. The first-order chi connectivity index (χ1) is 7.54. The number of ether oxygens (including phenoxy) is 1. The third-order valence-electron chi connectivity index (χ3n) is 2.14. The number of carbonyl (C=O) groups is 1. The quantitative estimate of drug-likeness (QED) is 0.750. The minimum Gasteiger partial charge on any atom is -0.481 e. The van der Waals surface area contributed by atoms with Gasteiger partial charge in [-0.3, -0.25) is 9.59 Å². The number of aromatic amines is 1. The summed E-state index contributed by atoms with van der Waals surface area (Å²) in [5.74, 6) is -0.483. The number of aryl methyl sites for hydroxylation is 1. The Bertz CT molecular complexity index is 439. The molecular formula is C10H14N2O4. The Morgan fingerprint density at radius 1 is 1.56 bits per heavy atom. The number of hydrogen-bond acceptors (Lipinski definition) is 4. The highest BCUT2D eigenvalue weighted by Gasteiger charge is 2.09. The lowest BCUT2D eigenvalue weighted by molar-refractivity contribution is -0.136. The van der Waals surface area contributed by atoms with Crippen molar-refractivity contribution in [3.8, 4) is 0 Å². The first-order valence-electron chi connectivity index (χ1n) is 4.84. The normalized spacial score (nSPS) is 10.4. The average molecular weight is 226 g/mol. The molecule has 6 heteroatoms. The van der Waals surface area contributed by atoms with Gasteiger partial charge in [-0.2, -0.15) is 0 Å². The van der Waals surface area contributed by atoms with Crippen molar-refractivity contribution in [2.45, 2.75) is 26.4 Å². The molecule has 1 aromatic rings. The molecule has 0 saturated heterocycles. The molecule has 0 bridgehead atoms. The van der Waals surface area contributed by atoms with E-state index < -0.39 is 5.97 Å². The van der Waals surface area contributed by atoms with Crippen LogP contribution in [0.1, 0.15) is 23.5 Å². The number of carboxylic acids is 1. The second-order valence-corrected chi connectivity index (χ2v) is 3.40. The zero-order valence-electron chi connectivity index (χ0n) is 9.24. The van der Waals surface area contributed by atoms with Gasteiger partial charge in [0.15, 0.2) is 0 Å². The first-order valence-corrected chi connectivity index (χ1v) is 4.84. The first kappa shape index (κ1) is 12.4. The molecule has 0 saturated carbocycles. The Hall–Kier alpha value is -1.69.